The molecule has 0 spiro atoms. The number of nitro groups is 1. The molecule has 0 atom stereocenters. The summed E-state index contributed by atoms with van der Waals surface area (Å²) in [4.78, 5) is 32.4. The van der Waals surface area contributed by atoms with Crippen molar-refractivity contribution in [3.8, 4) is 11.4 Å². The van der Waals surface area contributed by atoms with E-state index in [4.69, 9.17) is 0 Å². The van der Waals surface area contributed by atoms with Crippen LogP contribution in [-0.4, -0.2) is 26.3 Å². The molecule has 31 heavy (non-hydrogen) atoms. The lowest BCUT2D eigenvalue weighted by Gasteiger charge is -2.27. The van der Waals surface area contributed by atoms with E-state index in [1.54, 1.807) is 18.2 Å². The molecule has 0 radical (unpaired) electrons. The van der Waals surface area contributed by atoms with Gasteiger partial charge < -0.3 is 4.98 Å². The Morgan fingerprint density at radius 1 is 1.13 bits per heavy atom. The van der Waals surface area contributed by atoms with Gasteiger partial charge in [-0.25, -0.2) is 4.98 Å². The zero-order chi connectivity index (χ0) is 22.2. The van der Waals surface area contributed by atoms with Gasteiger partial charge in [0.2, 0.25) is 0 Å². The molecule has 10 heteroatoms. The summed E-state index contributed by atoms with van der Waals surface area (Å²) in [7, 11) is 0. The van der Waals surface area contributed by atoms with Gasteiger partial charge in [-0.15, -0.1) is 0 Å². The number of para-hydroxylation sites is 1. The highest BCUT2D eigenvalue weighted by atomic mass is 19.4. The van der Waals surface area contributed by atoms with Crippen LogP contribution in [0.15, 0.2) is 53.3 Å². The highest BCUT2D eigenvalue weighted by Crippen LogP contribution is 2.30. The van der Waals surface area contributed by atoms with Crippen LogP contribution < -0.4 is 5.56 Å². The van der Waals surface area contributed by atoms with Crippen LogP contribution in [0.25, 0.3) is 11.4 Å². The Kier molecular flexibility index (Phi) is 5.32. The summed E-state index contributed by atoms with van der Waals surface area (Å²) in [5.74, 6) is 0.185. The summed E-state index contributed by atoms with van der Waals surface area (Å²) in [6, 6.07) is 10.9. The molecule has 3 aromatic rings. The number of nitro benzene ring substituents is 1. The molecule has 160 valence electrons. The van der Waals surface area contributed by atoms with Crippen molar-refractivity contribution in [3.63, 3.8) is 0 Å². The van der Waals surface area contributed by atoms with Gasteiger partial charge in [0.15, 0.2) is 0 Å². The zero-order valence-electron chi connectivity index (χ0n) is 16.1. The number of aromatic nitrogens is 2. The van der Waals surface area contributed by atoms with Gasteiger partial charge in [-0.1, -0.05) is 30.3 Å². The highest BCUT2D eigenvalue weighted by Gasteiger charge is 2.30. The van der Waals surface area contributed by atoms with E-state index in [-0.39, 0.29) is 17.1 Å². The Morgan fingerprint density at radius 2 is 1.84 bits per heavy atom. The Labute approximate surface area is 174 Å². The number of H-pyrrole nitrogens is 1. The summed E-state index contributed by atoms with van der Waals surface area (Å²) in [5.41, 5.74) is 0.875. The predicted molar refractivity (Wildman–Crippen MR) is 106 cm³/mol. The molecule has 1 aliphatic rings. The number of benzene rings is 2. The molecule has 0 fully saturated rings. The van der Waals surface area contributed by atoms with Gasteiger partial charge in [-0.2, -0.15) is 13.2 Å². The van der Waals surface area contributed by atoms with Crippen molar-refractivity contribution in [2.24, 2.45) is 0 Å². The fraction of sp³-hybridized carbons (Fsp3) is 0.238. The van der Waals surface area contributed by atoms with Crippen LogP contribution in [0, 0.1) is 10.1 Å². The van der Waals surface area contributed by atoms with Crippen molar-refractivity contribution in [2.75, 3.05) is 6.54 Å². The first-order valence-corrected chi connectivity index (χ1v) is 9.47. The second-order valence-corrected chi connectivity index (χ2v) is 7.26. The maximum atomic E-state index is 12.8. The van der Waals surface area contributed by atoms with Gasteiger partial charge in [-0.3, -0.25) is 19.8 Å². The normalized spacial score (nSPS) is 14.3. The molecule has 7 nitrogen and oxygen atoms in total. The third kappa shape index (κ3) is 4.33. The quantitative estimate of drug-likeness (QED) is 0.500. The van der Waals surface area contributed by atoms with E-state index >= 15 is 0 Å². The molecule has 0 unspecified atom stereocenters. The zero-order valence-corrected chi connectivity index (χ0v) is 16.1. The maximum absolute atomic E-state index is 12.8. The number of nitrogens with one attached hydrogen (secondary N) is 1. The maximum Gasteiger partial charge on any atom is 0.416 e. The van der Waals surface area contributed by atoms with Crippen LogP contribution in [0.5, 0.6) is 0 Å². The predicted octanol–water partition coefficient (Wildman–Crippen LogP) is 3.92. The van der Waals surface area contributed by atoms with Crippen molar-refractivity contribution in [1.82, 2.24) is 14.9 Å². The van der Waals surface area contributed by atoms with Gasteiger partial charge in [0, 0.05) is 42.4 Å². The fourth-order valence-electron chi connectivity index (χ4n) is 3.65. The SMILES string of the molecule is O=c1[nH]c(-c2ccc(C(F)(F)F)cc2)nc2c1CCN(Cc1ccccc1[N+](=O)[O-])C2. The lowest BCUT2D eigenvalue weighted by molar-refractivity contribution is -0.385. The smallest absolute Gasteiger partial charge is 0.306 e. The van der Waals surface area contributed by atoms with E-state index in [1.165, 1.54) is 18.2 Å². The first kappa shape index (κ1) is 20.7. The first-order valence-electron chi connectivity index (χ1n) is 9.47. The number of nitrogens with zero attached hydrogens (tertiary/aromatic N) is 3. The number of fused-ring (bicyclic) bond motifs is 1. The lowest BCUT2D eigenvalue weighted by atomic mass is 10.0. The van der Waals surface area contributed by atoms with Crippen LogP contribution >= 0.6 is 0 Å². The molecule has 1 aliphatic heterocycles. The van der Waals surface area contributed by atoms with Gasteiger partial charge in [0.05, 0.1) is 16.2 Å². The molecule has 0 amide bonds. The van der Waals surface area contributed by atoms with Crippen molar-refractivity contribution in [2.45, 2.75) is 25.7 Å². The molecule has 0 aliphatic carbocycles. The van der Waals surface area contributed by atoms with Crippen molar-refractivity contribution >= 4 is 5.69 Å². The number of aromatic amines is 1. The van der Waals surface area contributed by atoms with E-state index < -0.39 is 16.7 Å². The highest BCUT2D eigenvalue weighted by molar-refractivity contribution is 5.56. The molecule has 0 saturated carbocycles. The van der Waals surface area contributed by atoms with Gasteiger partial charge in [-0.05, 0) is 18.6 Å². The number of alkyl halides is 3. The average Bonchev–Trinajstić information content (AvgIpc) is 2.73. The third-order valence-corrected chi connectivity index (χ3v) is 5.22. The molecule has 0 bridgehead atoms. The topological polar surface area (TPSA) is 92.1 Å². The Bertz CT molecular complexity index is 1190. The first-order chi connectivity index (χ1) is 14.7. The van der Waals surface area contributed by atoms with E-state index in [9.17, 15) is 28.1 Å². The fourth-order valence-corrected chi connectivity index (χ4v) is 3.65. The minimum Gasteiger partial charge on any atom is -0.306 e. The van der Waals surface area contributed by atoms with Crippen LogP contribution in [0.2, 0.25) is 0 Å². The van der Waals surface area contributed by atoms with Crippen LogP contribution in [0.1, 0.15) is 22.4 Å². The van der Waals surface area contributed by atoms with Gasteiger partial charge >= 0.3 is 6.18 Å². The van der Waals surface area contributed by atoms with Gasteiger partial charge in [0.25, 0.3) is 11.2 Å². The molecule has 1 aromatic heterocycles. The summed E-state index contributed by atoms with van der Waals surface area (Å²) in [6.45, 7) is 1.16. The van der Waals surface area contributed by atoms with Crippen LogP contribution in [0.3, 0.4) is 0 Å². The van der Waals surface area contributed by atoms with E-state index in [2.05, 4.69) is 9.97 Å². The molecular weight excluding hydrogens is 413 g/mol. The van der Waals surface area contributed by atoms with Crippen molar-refractivity contribution in [1.29, 1.82) is 0 Å². The van der Waals surface area contributed by atoms with E-state index in [0.29, 0.717) is 48.4 Å². The van der Waals surface area contributed by atoms with Crippen molar-refractivity contribution < 1.29 is 18.1 Å². The minimum atomic E-state index is -4.45. The number of rotatable bonds is 4. The minimum absolute atomic E-state index is 0.0256. The molecule has 4 rings (SSSR count). The summed E-state index contributed by atoms with van der Waals surface area (Å²) in [6.07, 6.45) is -4.03. The Morgan fingerprint density at radius 3 is 2.52 bits per heavy atom. The second-order valence-electron chi connectivity index (χ2n) is 7.26. The third-order valence-electron chi connectivity index (χ3n) is 5.22. The molecule has 2 heterocycles. The Hall–Kier alpha value is -3.53. The summed E-state index contributed by atoms with van der Waals surface area (Å²) >= 11 is 0. The van der Waals surface area contributed by atoms with Gasteiger partial charge in [0.1, 0.15) is 5.82 Å². The summed E-state index contributed by atoms with van der Waals surface area (Å²) < 4.78 is 38.4. The average molecular weight is 430 g/mol. The number of hydrogen-bond acceptors (Lipinski definition) is 5. The number of hydrogen-bond donors (Lipinski definition) is 1. The molecular formula is C21H17F3N4O3. The monoisotopic (exact) mass is 430 g/mol. The molecule has 1 N–H and O–H groups in total. The van der Waals surface area contributed by atoms with E-state index in [1.807, 2.05) is 4.90 Å². The largest absolute Gasteiger partial charge is 0.416 e. The van der Waals surface area contributed by atoms with Crippen LogP contribution in [-0.2, 0) is 25.7 Å². The number of halogens is 3. The Balaban J connectivity index is 1.60. The second kappa shape index (κ2) is 7.95. The lowest BCUT2D eigenvalue weighted by Crippen LogP contribution is -2.35. The molecule has 2 aromatic carbocycles. The van der Waals surface area contributed by atoms with Crippen molar-refractivity contribution in [3.05, 3.63) is 91.4 Å². The molecule has 0 saturated heterocycles. The van der Waals surface area contributed by atoms with Crippen LogP contribution in [0.4, 0.5) is 18.9 Å². The summed E-state index contributed by atoms with van der Waals surface area (Å²) in [5, 5.41) is 11.3. The standard InChI is InChI=1S/C21H17F3N4O3/c22-21(23,24)15-7-5-13(6-8-15)19-25-17-12-27(10-9-16(17)20(29)26-19)11-14-3-1-2-4-18(14)28(30)31/h1-8H,9-12H2,(H,25,26,29). The van der Waals surface area contributed by atoms with E-state index in [0.717, 1.165) is 12.1 Å².